The molecule has 30 heavy (non-hydrogen) atoms. The lowest BCUT2D eigenvalue weighted by atomic mass is 10.1. The number of hydrogen-bond acceptors (Lipinski definition) is 7. The Morgan fingerprint density at radius 3 is 2.90 bits per heavy atom. The highest BCUT2D eigenvalue weighted by Crippen LogP contribution is 2.31. The zero-order valence-electron chi connectivity index (χ0n) is 15.2. The van der Waals surface area contributed by atoms with Crippen molar-refractivity contribution < 1.29 is 32.3 Å². The Hall–Kier alpha value is -3.64. The summed E-state index contributed by atoms with van der Waals surface area (Å²) in [5.74, 6) is 0.245. The third kappa shape index (κ3) is 3.77. The average Bonchev–Trinajstić information content (AvgIpc) is 3.27. The molecule has 1 atom stereocenters. The zero-order valence-corrected chi connectivity index (χ0v) is 15.2. The van der Waals surface area contributed by atoms with Gasteiger partial charge in [-0.2, -0.15) is 23.3 Å². The summed E-state index contributed by atoms with van der Waals surface area (Å²) >= 11 is 0. The third-order valence-electron chi connectivity index (χ3n) is 4.51. The molecule has 1 aliphatic heterocycles. The number of ether oxygens (including phenoxy) is 1. The van der Waals surface area contributed by atoms with Crippen molar-refractivity contribution >= 4 is 6.16 Å². The first-order chi connectivity index (χ1) is 14.2. The predicted molar refractivity (Wildman–Crippen MR) is 91.4 cm³/mol. The summed E-state index contributed by atoms with van der Waals surface area (Å²) in [6.07, 6.45) is -5.60. The van der Waals surface area contributed by atoms with Gasteiger partial charge in [-0.3, -0.25) is 0 Å². The van der Waals surface area contributed by atoms with E-state index in [-0.39, 0.29) is 23.8 Å². The highest BCUT2D eigenvalue weighted by atomic mass is 19.4. The summed E-state index contributed by atoms with van der Waals surface area (Å²) in [4.78, 5) is 27.5. The summed E-state index contributed by atoms with van der Waals surface area (Å²) in [7, 11) is 0. The second-order valence-electron chi connectivity index (χ2n) is 6.55. The lowest BCUT2D eigenvalue weighted by Crippen LogP contribution is -2.33. The standard InChI is InChI=1S/C17H14F3N5O5/c18-17(19,20)10-4-1-3-9(7-10)14-21-11(23-30-14)8-24-15(26)25-12(22-24)5-2-6-13(25)29-16(27)28/h1,3-4,7,13H,2,5-6,8H2,(H,27,28). The van der Waals surface area contributed by atoms with Gasteiger partial charge in [-0.15, -0.1) is 0 Å². The van der Waals surface area contributed by atoms with Crippen molar-refractivity contribution in [3.63, 3.8) is 0 Å². The van der Waals surface area contributed by atoms with Crippen molar-refractivity contribution in [2.24, 2.45) is 0 Å². The van der Waals surface area contributed by atoms with E-state index in [1.54, 1.807) is 0 Å². The summed E-state index contributed by atoms with van der Waals surface area (Å²) in [5.41, 5.74) is -1.39. The lowest BCUT2D eigenvalue weighted by molar-refractivity contribution is -0.137. The quantitative estimate of drug-likeness (QED) is 0.633. The van der Waals surface area contributed by atoms with Crippen LogP contribution in [-0.4, -0.2) is 35.8 Å². The molecule has 10 nitrogen and oxygen atoms in total. The molecule has 1 N–H and O–H groups in total. The van der Waals surface area contributed by atoms with Crippen LogP contribution in [0.25, 0.3) is 11.5 Å². The second kappa shape index (κ2) is 7.31. The highest BCUT2D eigenvalue weighted by molar-refractivity contribution is 5.57. The maximum absolute atomic E-state index is 12.9. The SMILES string of the molecule is O=C(O)OC1CCCc2nn(Cc3noc(-c4cccc(C(F)(F)F)c4)n3)c(=O)n21. The molecule has 4 rings (SSSR count). The van der Waals surface area contributed by atoms with Gasteiger partial charge in [-0.25, -0.2) is 18.8 Å². The largest absolute Gasteiger partial charge is 0.507 e. The van der Waals surface area contributed by atoms with Crippen LogP contribution in [0.1, 0.15) is 36.3 Å². The molecule has 0 fully saturated rings. The van der Waals surface area contributed by atoms with Gasteiger partial charge < -0.3 is 14.4 Å². The summed E-state index contributed by atoms with van der Waals surface area (Å²) < 4.78 is 50.6. The fourth-order valence-electron chi connectivity index (χ4n) is 3.22. The van der Waals surface area contributed by atoms with Gasteiger partial charge in [0.2, 0.25) is 0 Å². The maximum Gasteiger partial charge on any atom is 0.507 e. The summed E-state index contributed by atoms with van der Waals surface area (Å²) in [6, 6.07) is 4.42. The smallest absolute Gasteiger partial charge is 0.450 e. The Balaban J connectivity index is 1.59. The molecule has 1 aromatic carbocycles. The molecular weight excluding hydrogens is 411 g/mol. The van der Waals surface area contributed by atoms with Crippen molar-refractivity contribution in [1.29, 1.82) is 0 Å². The van der Waals surface area contributed by atoms with E-state index in [1.165, 1.54) is 12.1 Å². The van der Waals surface area contributed by atoms with Crippen LogP contribution in [0.3, 0.4) is 0 Å². The fraction of sp³-hybridized carbons (Fsp3) is 0.353. The van der Waals surface area contributed by atoms with Gasteiger partial charge in [0.1, 0.15) is 12.4 Å². The molecule has 3 aromatic rings. The molecule has 0 aliphatic carbocycles. The summed E-state index contributed by atoms with van der Waals surface area (Å²) in [5, 5.41) is 16.7. The van der Waals surface area contributed by atoms with E-state index in [1.807, 2.05) is 0 Å². The number of hydrogen-bond donors (Lipinski definition) is 1. The van der Waals surface area contributed by atoms with Gasteiger partial charge in [-0.1, -0.05) is 11.2 Å². The number of aromatic nitrogens is 5. The van der Waals surface area contributed by atoms with E-state index < -0.39 is 29.8 Å². The fourth-order valence-corrected chi connectivity index (χ4v) is 3.22. The average molecular weight is 425 g/mol. The molecule has 0 saturated heterocycles. The number of benzene rings is 1. The van der Waals surface area contributed by atoms with Crippen LogP contribution in [0.4, 0.5) is 18.0 Å². The van der Waals surface area contributed by atoms with Crippen molar-refractivity contribution in [2.75, 3.05) is 0 Å². The maximum atomic E-state index is 12.9. The van der Waals surface area contributed by atoms with E-state index in [4.69, 9.17) is 14.4 Å². The molecule has 0 spiro atoms. The van der Waals surface area contributed by atoms with E-state index in [0.717, 1.165) is 21.4 Å². The number of aryl methyl sites for hydroxylation is 1. The van der Waals surface area contributed by atoms with Gasteiger partial charge >= 0.3 is 18.0 Å². The van der Waals surface area contributed by atoms with E-state index in [2.05, 4.69) is 15.2 Å². The van der Waals surface area contributed by atoms with E-state index in [0.29, 0.717) is 25.1 Å². The number of nitrogens with zero attached hydrogens (tertiary/aromatic N) is 5. The Kier molecular flexibility index (Phi) is 4.79. The number of rotatable bonds is 4. The molecule has 0 radical (unpaired) electrons. The van der Waals surface area contributed by atoms with Crippen LogP contribution in [0.2, 0.25) is 0 Å². The minimum absolute atomic E-state index is 0.0238. The molecule has 1 unspecified atom stereocenters. The number of fused-ring (bicyclic) bond motifs is 1. The van der Waals surface area contributed by atoms with Crippen molar-refractivity contribution in [3.8, 4) is 11.5 Å². The van der Waals surface area contributed by atoms with Gasteiger partial charge in [-0.05, 0) is 24.6 Å². The van der Waals surface area contributed by atoms with Gasteiger partial charge in [0.15, 0.2) is 12.1 Å². The Labute approximate surface area is 165 Å². The zero-order chi connectivity index (χ0) is 21.5. The Bertz CT molecular complexity index is 1150. The topological polar surface area (TPSA) is 125 Å². The first-order valence-electron chi connectivity index (χ1n) is 8.80. The van der Waals surface area contributed by atoms with Crippen LogP contribution in [0.5, 0.6) is 0 Å². The minimum atomic E-state index is -4.52. The third-order valence-corrected chi connectivity index (χ3v) is 4.51. The van der Waals surface area contributed by atoms with Crippen LogP contribution in [-0.2, 0) is 23.9 Å². The number of carboxylic acid groups (broad SMARTS) is 1. The van der Waals surface area contributed by atoms with Gasteiger partial charge in [0.25, 0.3) is 5.89 Å². The monoisotopic (exact) mass is 425 g/mol. The number of alkyl halides is 3. The number of halogens is 3. The molecule has 0 bridgehead atoms. The van der Waals surface area contributed by atoms with Crippen molar-refractivity contribution in [3.05, 3.63) is 52.0 Å². The first kappa shape index (κ1) is 19.7. The molecule has 1 aliphatic rings. The van der Waals surface area contributed by atoms with Crippen LogP contribution in [0.15, 0.2) is 33.6 Å². The first-order valence-corrected chi connectivity index (χ1v) is 8.80. The normalized spacial score (nSPS) is 16.3. The molecule has 0 amide bonds. The lowest BCUT2D eigenvalue weighted by Gasteiger charge is -2.21. The minimum Gasteiger partial charge on any atom is -0.450 e. The Morgan fingerprint density at radius 1 is 1.37 bits per heavy atom. The molecule has 13 heteroatoms. The molecule has 158 valence electrons. The van der Waals surface area contributed by atoms with Gasteiger partial charge in [0, 0.05) is 18.4 Å². The molecule has 3 heterocycles. The predicted octanol–water partition coefficient (Wildman–Crippen LogP) is 2.69. The molecule has 2 aromatic heterocycles. The van der Waals surface area contributed by atoms with Crippen LogP contribution < -0.4 is 5.69 Å². The second-order valence-corrected chi connectivity index (χ2v) is 6.55. The van der Waals surface area contributed by atoms with E-state index in [9.17, 15) is 22.8 Å². The molecular formula is C17H14F3N5O5. The highest BCUT2D eigenvalue weighted by Gasteiger charge is 2.31. The van der Waals surface area contributed by atoms with E-state index >= 15 is 0 Å². The number of carbonyl (C=O) groups is 1. The van der Waals surface area contributed by atoms with Gasteiger partial charge in [0.05, 0.1) is 5.56 Å². The molecule has 0 saturated carbocycles. The van der Waals surface area contributed by atoms with Crippen molar-refractivity contribution in [2.45, 2.75) is 38.2 Å². The van der Waals surface area contributed by atoms with Crippen LogP contribution >= 0.6 is 0 Å². The van der Waals surface area contributed by atoms with Crippen molar-refractivity contribution in [1.82, 2.24) is 24.5 Å². The van der Waals surface area contributed by atoms with Crippen LogP contribution in [0, 0.1) is 0 Å². The Morgan fingerprint density at radius 2 is 2.17 bits per heavy atom. The summed E-state index contributed by atoms with van der Waals surface area (Å²) in [6.45, 7) is -0.207.